The van der Waals surface area contributed by atoms with Crippen molar-refractivity contribution in [1.82, 2.24) is 14.8 Å². The molecule has 0 amide bonds. The third-order valence-corrected chi connectivity index (χ3v) is 4.29. The summed E-state index contributed by atoms with van der Waals surface area (Å²) in [5, 5.41) is 3.08. The lowest BCUT2D eigenvalue weighted by Gasteiger charge is -2.07. The molecule has 144 valence electrons. The molecule has 0 aliphatic heterocycles. The van der Waals surface area contributed by atoms with Gasteiger partial charge in [0.2, 0.25) is 5.88 Å². The van der Waals surface area contributed by atoms with Crippen molar-refractivity contribution in [1.29, 1.82) is 0 Å². The number of benzene rings is 1. The van der Waals surface area contributed by atoms with Gasteiger partial charge >= 0.3 is 15.6 Å². The molecular weight excluding hydrogens is 401 g/mol. The Hall–Kier alpha value is -2.96. The highest BCUT2D eigenvalue weighted by atomic mass is 32.2. The van der Waals surface area contributed by atoms with Gasteiger partial charge in [0.05, 0.1) is 12.6 Å². The number of methoxy groups -OCH3 is 1. The number of halogens is 5. The lowest BCUT2D eigenvalue weighted by Crippen LogP contribution is -2.28. The number of rotatable bonds is 4. The fraction of sp³-hybridized carbons (Fsp3) is 0.143. The Kier molecular flexibility index (Phi) is 4.41. The smallest absolute Gasteiger partial charge is 0.480 e. The summed E-state index contributed by atoms with van der Waals surface area (Å²) in [4.78, 5) is 3.71. The van der Waals surface area contributed by atoms with E-state index in [4.69, 9.17) is 4.74 Å². The van der Waals surface area contributed by atoms with Crippen LogP contribution in [0, 0.1) is 11.6 Å². The number of fused-ring (bicyclic) bond motifs is 1. The number of hydrogen-bond acceptors (Lipinski definition) is 6. The fourth-order valence-electron chi connectivity index (χ4n) is 2.23. The third kappa shape index (κ3) is 3.13. The van der Waals surface area contributed by atoms with E-state index in [9.17, 15) is 30.4 Å². The molecule has 2 aromatic heterocycles. The molecule has 3 aromatic rings. The highest BCUT2D eigenvalue weighted by molar-refractivity contribution is 7.88. The van der Waals surface area contributed by atoms with Crippen LogP contribution in [0.15, 0.2) is 30.5 Å². The molecule has 0 unspecified atom stereocenters. The predicted molar refractivity (Wildman–Crippen MR) is 80.9 cm³/mol. The van der Waals surface area contributed by atoms with Gasteiger partial charge in [-0.15, -0.1) is 5.10 Å². The quantitative estimate of drug-likeness (QED) is 0.374. The minimum atomic E-state index is -6.10. The summed E-state index contributed by atoms with van der Waals surface area (Å²) < 4.78 is 98.3. The minimum absolute atomic E-state index is 0.196. The van der Waals surface area contributed by atoms with Gasteiger partial charge in [-0.3, -0.25) is 0 Å². The molecule has 0 saturated carbocycles. The van der Waals surface area contributed by atoms with Crippen LogP contribution >= 0.6 is 0 Å². The topological polar surface area (TPSA) is 83.3 Å². The summed E-state index contributed by atoms with van der Waals surface area (Å²) in [6.07, 6.45) is 1.13. The van der Waals surface area contributed by atoms with Crippen LogP contribution in [0.4, 0.5) is 22.0 Å². The lowest BCUT2D eigenvalue weighted by atomic mass is 10.2. The Balaban J connectivity index is 2.33. The van der Waals surface area contributed by atoms with Crippen molar-refractivity contribution in [3.05, 3.63) is 42.1 Å². The van der Waals surface area contributed by atoms with Crippen LogP contribution in [0.25, 0.3) is 16.6 Å². The van der Waals surface area contributed by atoms with E-state index in [-0.39, 0.29) is 11.4 Å². The number of para-hydroxylation sites is 1. The van der Waals surface area contributed by atoms with Crippen LogP contribution in [0.1, 0.15) is 0 Å². The number of ether oxygens (including phenoxy) is 1. The first-order valence-corrected chi connectivity index (χ1v) is 8.34. The molecule has 0 aliphatic carbocycles. The molecule has 0 atom stereocenters. The van der Waals surface area contributed by atoms with Gasteiger partial charge in [0.1, 0.15) is 11.1 Å². The van der Waals surface area contributed by atoms with E-state index in [0.717, 1.165) is 37.6 Å². The maximum atomic E-state index is 14.1. The van der Waals surface area contributed by atoms with Crippen LogP contribution < -0.4 is 8.92 Å². The van der Waals surface area contributed by atoms with Gasteiger partial charge in [0.25, 0.3) is 5.88 Å². The molecule has 7 nitrogen and oxygen atoms in total. The Morgan fingerprint density at radius 3 is 2.26 bits per heavy atom. The molecule has 0 N–H and O–H groups in total. The monoisotopic (exact) mass is 409 g/mol. The van der Waals surface area contributed by atoms with Gasteiger partial charge in [-0.1, -0.05) is 6.07 Å². The van der Waals surface area contributed by atoms with Crippen molar-refractivity contribution in [3.63, 3.8) is 0 Å². The average molecular weight is 409 g/mol. The van der Waals surface area contributed by atoms with E-state index in [0.29, 0.717) is 4.68 Å². The minimum Gasteiger partial charge on any atom is -0.480 e. The number of pyridine rings is 1. The molecular formula is C14H8F5N3O4S. The van der Waals surface area contributed by atoms with Gasteiger partial charge in [0, 0.05) is 6.20 Å². The molecule has 3 rings (SSSR count). The molecule has 13 heteroatoms. The zero-order valence-corrected chi connectivity index (χ0v) is 14.0. The van der Waals surface area contributed by atoms with Crippen molar-refractivity contribution in [2.45, 2.75) is 5.51 Å². The Morgan fingerprint density at radius 1 is 1.07 bits per heavy atom. The summed E-state index contributed by atoms with van der Waals surface area (Å²) in [5.74, 6) is -3.65. The van der Waals surface area contributed by atoms with E-state index in [1.54, 1.807) is 0 Å². The molecule has 2 heterocycles. The van der Waals surface area contributed by atoms with Gasteiger partial charge < -0.3 is 8.92 Å². The molecule has 0 aliphatic rings. The van der Waals surface area contributed by atoms with E-state index < -0.39 is 44.2 Å². The second-order valence-corrected chi connectivity index (χ2v) is 6.52. The highest BCUT2D eigenvalue weighted by Crippen LogP contribution is 2.37. The van der Waals surface area contributed by atoms with Crippen molar-refractivity contribution in [3.8, 4) is 17.4 Å². The third-order valence-electron chi connectivity index (χ3n) is 3.34. The summed E-state index contributed by atoms with van der Waals surface area (Å²) in [5.41, 5.74) is -6.70. The maximum absolute atomic E-state index is 14.1. The maximum Gasteiger partial charge on any atom is 0.534 e. The Morgan fingerprint density at radius 2 is 1.70 bits per heavy atom. The standard InChI is InChI=1S/C14H8F5N3O4S/c1-25-12-10-9(5-6-20-12)22(11-7(15)3-2-4-8(11)16)21-13(10)26-27(23,24)14(17,18)19/h2-6H,1H3. The van der Waals surface area contributed by atoms with Crippen molar-refractivity contribution >= 4 is 21.0 Å². The normalized spacial score (nSPS) is 12.4. The van der Waals surface area contributed by atoms with Crippen LogP contribution in [-0.4, -0.2) is 35.8 Å². The molecule has 0 bridgehead atoms. The SMILES string of the molecule is COc1nccc2c1c(OS(=O)(=O)C(F)(F)F)nn2-c1c(F)cccc1F. The molecule has 27 heavy (non-hydrogen) atoms. The molecule has 1 aromatic carbocycles. The predicted octanol–water partition coefficient (Wildman–Crippen LogP) is 2.94. The largest absolute Gasteiger partial charge is 0.534 e. The first kappa shape index (κ1) is 18.8. The zero-order valence-electron chi connectivity index (χ0n) is 13.2. The second kappa shape index (κ2) is 6.33. The van der Waals surface area contributed by atoms with E-state index >= 15 is 0 Å². The number of aromatic nitrogens is 3. The van der Waals surface area contributed by atoms with Gasteiger partial charge in [-0.25, -0.2) is 18.4 Å². The van der Waals surface area contributed by atoms with Crippen molar-refractivity contribution in [2.24, 2.45) is 0 Å². The molecule has 0 radical (unpaired) electrons. The molecule has 0 saturated heterocycles. The summed E-state index contributed by atoms with van der Waals surface area (Å²) >= 11 is 0. The van der Waals surface area contributed by atoms with Crippen LogP contribution in [0.5, 0.6) is 11.8 Å². The first-order valence-electron chi connectivity index (χ1n) is 6.93. The fourth-order valence-corrected chi connectivity index (χ4v) is 2.65. The Labute approximate surface area is 148 Å². The summed E-state index contributed by atoms with van der Waals surface area (Å²) in [6, 6.07) is 3.98. The summed E-state index contributed by atoms with van der Waals surface area (Å²) in [7, 11) is -5.00. The van der Waals surface area contributed by atoms with Crippen LogP contribution in [-0.2, 0) is 10.1 Å². The van der Waals surface area contributed by atoms with Gasteiger partial charge in [0.15, 0.2) is 11.6 Å². The number of alkyl halides is 3. The number of hydrogen-bond donors (Lipinski definition) is 0. The number of nitrogens with zero attached hydrogens (tertiary/aromatic N) is 3. The zero-order chi connectivity index (χ0) is 20.0. The second-order valence-electron chi connectivity index (χ2n) is 4.98. The van der Waals surface area contributed by atoms with E-state index in [1.807, 2.05) is 0 Å². The summed E-state index contributed by atoms with van der Waals surface area (Å²) in [6.45, 7) is 0. The van der Waals surface area contributed by atoms with Crippen LogP contribution in [0.3, 0.4) is 0 Å². The Bertz CT molecular complexity index is 1110. The van der Waals surface area contributed by atoms with Gasteiger partial charge in [-0.2, -0.15) is 21.6 Å². The van der Waals surface area contributed by atoms with E-state index in [2.05, 4.69) is 14.3 Å². The molecule has 0 spiro atoms. The van der Waals surface area contributed by atoms with Crippen molar-refractivity contribution < 1.29 is 39.3 Å². The van der Waals surface area contributed by atoms with Crippen molar-refractivity contribution in [2.75, 3.05) is 7.11 Å². The van der Waals surface area contributed by atoms with E-state index in [1.165, 1.54) is 0 Å². The average Bonchev–Trinajstić information content (AvgIpc) is 2.92. The van der Waals surface area contributed by atoms with Crippen LogP contribution in [0.2, 0.25) is 0 Å². The lowest BCUT2D eigenvalue weighted by molar-refractivity contribution is -0.0501. The molecule has 0 fully saturated rings. The highest BCUT2D eigenvalue weighted by Gasteiger charge is 2.49. The van der Waals surface area contributed by atoms with Gasteiger partial charge in [-0.05, 0) is 18.2 Å². The first-order chi connectivity index (χ1) is 12.6.